The number of rotatable bonds is 74. The van der Waals surface area contributed by atoms with E-state index >= 15 is 0 Å². The largest absolute Gasteiger partial charge is 0.466 e. The van der Waals surface area contributed by atoms with Gasteiger partial charge >= 0.3 is 5.97 Å². The number of unbranched alkanes of at least 4 members (excludes halogenated alkanes) is 59. The molecule has 0 radical (unpaired) electrons. The van der Waals surface area contributed by atoms with Crippen molar-refractivity contribution in [3.63, 3.8) is 0 Å². The van der Waals surface area contributed by atoms with Crippen molar-refractivity contribution in [2.24, 2.45) is 0 Å². The Bertz CT molecular complexity index is 1330. The Labute approximate surface area is 532 Å². The van der Waals surface area contributed by atoms with E-state index in [9.17, 15) is 19.8 Å². The number of allylic oxidation sites excluding steroid dienone is 4. The van der Waals surface area contributed by atoms with Crippen molar-refractivity contribution >= 4 is 11.9 Å². The molecule has 0 aliphatic carbocycles. The van der Waals surface area contributed by atoms with E-state index in [0.717, 1.165) is 44.9 Å². The van der Waals surface area contributed by atoms with E-state index in [-0.39, 0.29) is 18.5 Å². The third kappa shape index (κ3) is 71.3. The number of carbonyl (C=O) groups excluding carboxylic acids is 2. The maximum absolute atomic E-state index is 12.6. The number of esters is 1. The van der Waals surface area contributed by atoms with Gasteiger partial charge in [0.1, 0.15) is 0 Å². The van der Waals surface area contributed by atoms with Crippen molar-refractivity contribution < 1.29 is 24.5 Å². The van der Waals surface area contributed by atoms with Gasteiger partial charge in [0.2, 0.25) is 5.91 Å². The van der Waals surface area contributed by atoms with Crippen LogP contribution in [0.4, 0.5) is 0 Å². The SMILES string of the molecule is CCCCCCCCC/C=C\CCCCCCCC(=O)OCCCCCCCCCCCCCC/C=C\CCCCCCCCCCCCCCCCCC(=O)NC(CO)C(O)CCCCCCCCCCCCCCCCCCCCCCC. The lowest BCUT2D eigenvalue weighted by Gasteiger charge is -2.22. The molecule has 0 rings (SSSR count). The van der Waals surface area contributed by atoms with E-state index < -0.39 is 12.1 Å². The Kier molecular flexibility index (Phi) is 73.3. The Morgan fingerprint density at radius 1 is 0.318 bits per heavy atom. The molecule has 6 heteroatoms. The van der Waals surface area contributed by atoms with Crippen molar-refractivity contribution in [2.45, 2.75) is 456 Å². The van der Waals surface area contributed by atoms with E-state index in [1.54, 1.807) is 0 Å². The smallest absolute Gasteiger partial charge is 0.305 e. The van der Waals surface area contributed by atoms with E-state index in [2.05, 4.69) is 43.5 Å². The van der Waals surface area contributed by atoms with E-state index in [1.807, 2.05) is 0 Å². The summed E-state index contributed by atoms with van der Waals surface area (Å²) < 4.78 is 5.50. The standard InChI is InChI=1S/C79H153NO5/c1-3-5-7-9-11-13-15-17-19-21-22-34-37-40-43-47-51-55-59-63-67-71-77(82)76(75-81)80-78(83)72-68-64-60-56-52-48-44-41-38-35-32-30-28-26-24-23-25-27-29-31-33-36-39-42-46-50-54-58-62-66-70-74-85-79(84)73-69-65-61-57-53-49-45-20-18-16-14-12-10-8-6-4-2/h20,25,27,45,76-77,81-82H,3-19,21-24,26,28-44,46-75H2,1-2H3,(H,80,83)/b27-25-,45-20-. The van der Waals surface area contributed by atoms with Gasteiger partial charge in [-0.15, -0.1) is 0 Å². The van der Waals surface area contributed by atoms with Gasteiger partial charge in [-0.2, -0.15) is 0 Å². The van der Waals surface area contributed by atoms with Crippen LogP contribution < -0.4 is 5.32 Å². The maximum Gasteiger partial charge on any atom is 0.305 e. The minimum atomic E-state index is -0.664. The monoisotopic (exact) mass is 1200 g/mol. The third-order valence-corrected chi connectivity index (χ3v) is 18.5. The van der Waals surface area contributed by atoms with Crippen LogP contribution in [0.1, 0.15) is 444 Å². The predicted octanol–water partition coefficient (Wildman–Crippen LogP) is 25.7. The average molecular weight is 1200 g/mol. The molecular formula is C79H153NO5. The fourth-order valence-corrected chi connectivity index (χ4v) is 12.5. The minimum Gasteiger partial charge on any atom is -0.466 e. The highest BCUT2D eigenvalue weighted by Crippen LogP contribution is 2.20. The zero-order valence-electron chi connectivity index (χ0n) is 57.9. The van der Waals surface area contributed by atoms with Crippen LogP contribution >= 0.6 is 0 Å². The highest BCUT2D eigenvalue weighted by Gasteiger charge is 2.20. The first-order valence-electron chi connectivity index (χ1n) is 39.1. The second-order valence-electron chi connectivity index (χ2n) is 27.0. The van der Waals surface area contributed by atoms with Crippen molar-refractivity contribution in [3.8, 4) is 0 Å². The lowest BCUT2D eigenvalue weighted by molar-refractivity contribution is -0.143. The van der Waals surface area contributed by atoms with Gasteiger partial charge in [-0.3, -0.25) is 9.59 Å². The van der Waals surface area contributed by atoms with Crippen LogP contribution in [0.2, 0.25) is 0 Å². The van der Waals surface area contributed by atoms with Crippen molar-refractivity contribution in [3.05, 3.63) is 24.3 Å². The fourth-order valence-electron chi connectivity index (χ4n) is 12.5. The topological polar surface area (TPSA) is 95.9 Å². The Hall–Kier alpha value is -1.66. The van der Waals surface area contributed by atoms with Gasteiger partial charge in [-0.05, 0) is 77.0 Å². The normalized spacial score (nSPS) is 12.6. The molecule has 0 aromatic rings. The lowest BCUT2D eigenvalue weighted by atomic mass is 10.0. The molecule has 0 aliphatic heterocycles. The highest BCUT2D eigenvalue weighted by molar-refractivity contribution is 5.76. The first-order valence-corrected chi connectivity index (χ1v) is 39.1. The molecule has 0 saturated heterocycles. The number of ether oxygens (including phenoxy) is 1. The molecule has 6 nitrogen and oxygen atoms in total. The summed E-state index contributed by atoms with van der Waals surface area (Å²) in [5, 5.41) is 23.4. The molecule has 0 aliphatic rings. The second-order valence-corrected chi connectivity index (χ2v) is 27.0. The molecule has 0 aromatic carbocycles. The zero-order valence-corrected chi connectivity index (χ0v) is 57.9. The first-order chi connectivity index (χ1) is 42.0. The molecule has 0 fully saturated rings. The quantitative estimate of drug-likeness (QED) is 0.0320. The average Bonchev–Trinajstić information content (AvgIpc) is 3.51. The summed E-state index contributed by atoms with van der Waals surface area (Å²) in [6.07, 6.45) is 95.5. The van der Waals surface area contributed by atoms with Crippen LogP contribution in [-0.4, -0.2) is 47.4 Å². The number of hydrogen-bond donors (Lipinski definition) is 3. The summed E-state index contributed by atoms with van der Waals surface area (Å²) in [7, 11) is 0. The highest BCUT2D eigenvalue weighted by atomic mass is 16.5. The summed E-state index contributed by atoms with van der Waals surface area (Å²) in [6.45, 7) is 5.00. The van der Waals surface area contributed by atoms with Gasteiger partial charge in [-0.25, -0.2) is 0 Å². The Morgan fingerprint density at radius 3 is 0.835 bits per heavy atom. The molecule has 3 N–H and O–H groups in total. The van der Waals surface area contributed by atoms with E-state index in [0.29, 0.717) is 25.9 Å². The van der Waals surface area contributed by atoms with Crippen molar-refractivity contribution in [1.82, 2.24) is 5.32 Å². The van der Waals surface area contributed by atoms with Crippen LogP contribution in [0, 0.1) is 0 Å². The van der Waals surface area contributed by atoms with Crippen LogP contribution in [0.15, 0.2) is 24.3 Å². The maximum atomic E-state index is 12.6. The summed E-state index contributed by atoms with van der Waals surface area (Å²) in [4.78, 5) is 24.7. The predicted molar refractivity (Wildman–Crippen MR) is 375 cm³/mol. The van der Waals surface area contributed by atoms with Crippen LogP contribution in [0.25, 0.3) is 0 Å². The van der Waals surface area contributed by atoms with Crippen LogP contribution in [0.5, 0.6) is 0 Å². The van der Waals surface area contributed by atoms with Gasteiger partial charge < -0.3 is 20.3 Å². The fraction of sp³-hybridized carbons (Fsp3) is 0.924. The Morgan fingerprint density at radius 2 is 0.553 bits per heavy atom. The molecule has 504 valence electrons. The summed E-state index contributed by atoms with van der Waals surface area (Å²) >= 11 is 0. The third-order valence-electron chi connectivity index (χ3n) is 18.5. The minimum absolute atomic E-state index is 0.0113. The summed E-state index contributed by atoms with van der Waals surface area (Å²) in [6, 6.07) is -0.541. The van der Waals surface area contributed by atoms with Gasteiger partial charge in [-0.1, -0.05) is 378 Å². The van der Waals surface area contributed by atoms with Crippen LogP contribution in [-0.2, 0) is 14.3 Å². The molecule has 0 aromatic heterocycles. The lowest BCUT2D eigenvalue weighted by Crippen LogP contribution is -2.45. The second kappa shape index (κ2) is 74.8. The molecule has 0 saturated carbocycles. The zero-order chi connectivity index (χ0) is 61.3. The van der Waals surface area contributed by atoms with Crippen molar-refractivity contribution in [2.75, 3.05) is 13.2 Å². The number of hydrogen-bond acceptors (Lipinski definition) is 5. The number of aliphatic hydroxyl groups is 2. The van der Waals surface area contributed by atoms with Crippen LogP contribution in [0.3, 0.4) is 0 Å². The number of nitrogens with one attached hydrogen (secondary N) is 1. The molecule has 2 unspecified atom stereocenters. The van der Waals surface area contributed by atoms with Gasteiger partial charge in [0, 0.05) is 12.8 Å². The Balaban J connectivity index is 3.36. The van der Waals surface area contributed by atoms with E-state index in [4.69, 9.17) is 4.74 Å². The summed E-state index contributed by atoms with van der Waals surface area (Å²) in [5.41, 5.74) is 0. The number of amides is 1. The molecule has 2 atom stereocenters. The molecule has 0 bridgehead atoms. The molecule has 85 heavy (non-hydrogen) atoms. The van der Waals surface area contributed by atoms with Gasteiger partial charge in [0.15, 0.2) is 0 Å². The molecule has 1 amide bonds. The van der Waals surface area contributed by atoms with Crippen molar-refractivity contribution in [1.29, 1.82) is 0 Å². The molecule has 0 heterocycles. The number of carbonyl (C=O) groups is 2. The molecular weight excluding hydrogens is 1040 g/mol. The molecule has 0 spiro atoms. The number of aliphatic hydroxyl groups excluding tert-OH is 2. The first kappa shape index (κ1) is 83.3. The van der Waals surface area contributed by atoms with Gasteiger partial charge in [0.05, 0.1) is 25.4 Å². The van der Waals surface area contributed by atoms with E-state index in [1.165, 1.54) is 366 Å². The summed E-state index contributed by atoms with van der Waals surface area (Å²) in [5.74, 6) is -0.0165. The van der Waals surface area contributed by atoms with Gasteiger partial charge in [0.25, 0.3) is 0 Å².